The third kappa shape index (κ3) is 4.60. The number of hydrogen-bond donors (Lipinski definition) is 0. The van der Waals surface area contributed by atoms with Gasteiger partial charge < -0.3 is 9.64 Å². The molecular formula is C27H31N3O2S. The van der Waals surface area contributed by atoms with Gasteiger partial charge in [0.1, 0.15) is 0 Å². The van der Waals surface area contributed by atoms with E-state index in [2.05, 4.69) is 59.7 Å². The van der Waals surface area contributed by atoms with Crippen LogP contribution in [0.1, 0.15) is 54.9 Å². The Morgan fingerprint density at radius 3 is 2.76 bits per heavy atom. The molecule has 0 saturated carbocycles. The molecule has 33 heavy (non-hydrogen) atoms. The molecule has 2 aromatic heterocycles. The number of thiazole rings is 1. The number of aromatic nitrogens is 2. The lowest BCUT2D eigenvalue weighted by molar-refractivity contribution is 0.00844. The van der Waals surface area contributed by atoms with Crippen molar-refractivity contribution in [1.29, 1.82) is 0 Å². The smallest absolute Gasteiger partial charge is 0.195 e. The number of ether oxygens (including phenoxy) is 1. The van der Waals surface area contributed by atoms with Crippen LogP contribution in [0.3, 0.4) is 0 Å². The Hall–Kier alpha value is -2.54. The zero-order valence-electron chi connectivity index (χ0n) is 19.4. The van der Waals surface area contributed by atoms with Crippen molar-refractivity contribution in [2.45, 2.75) is 39.0 Å². The molecule has 1 fully saturated rings. The first-order valence-corrected chi connectivity index (χ1v) is 12.8. The van der Waals surface area contributed by atoms with Gasteiger partial charge in [0.2, 0.25) is 0 Å². The lowest BCUT2D eigenvalue weighted by Crippen LogP contribution is -2.24. The maximum absolute atomic E-state index is 12.7. The van der Waals surface area contributed by atoms with Gasteiger partial charge in [0.15, 0.2) is 10.7 Å². The molecule has 0 radical (unpaired) electrons. The van der Waals surface area contributed by atoms with Crippen LogP contribution in [0.5, 0.6) is 0 Å². The molecule has 3 heterocycles. The number of unbranched alkanes of at least 4 members (excludes halogenated alkanes) is 1. The number of rotatable bonds is 10. The average molecular weight is 462 g/mol. The summed E-state index contributed by atoms with van der Waals surface area (Å²) in [6.45, 7) is 9.21. The van der Waals surface area contributed by atoms with Crippen LogP contribution < -0.4 is 0 Å². The first-order valence-electron chi connectivity index (χ1n) is 12.0. The third-order valence-corrected chi connectivity index (χ3v) is 7.75. The van der Waals surface area contributed by atoms with E-state index < -0.39 is 0 Å². The zero-order chi connectivity index (χ0) is 22.8. The van der Waals surface area contributed by atoms with Gasteiger partial charge in [0.05, 0.1) is 29.1 Å². The molecule has 6 heteroatoms. The molecule has 1 aliphatic rings. The molecule has 0 amide bonds. The zero-order valence-corrected chi connectivity index (χ0v) is 20.2. The predicted octanol–water partition coefficient (Wildman–Crippen LogP) is 6.02. The van der Waals surface area contributed by atoms with Crippen LogP contribution in [0, 0.1) is 0 Å². The Kier molecular flexibility index (Phi) is 6.58. The van der Waals surface area contributed by atoms with E-state index in [1.54, 1.807) is 11.3 Å². The van der Waals surface area contributed by atoms with Crippen LogP contribution in [0.15, 0.2) is 48.7 Å². The summed E-state index contributed by atoms with van der Waals surface area (Å²) in [6, 6.07) is 14.7. The summed E-state index contributed by atoms with van der Waals surface area (Å²) in [4.78, 5) is 21.0. The number of benzene rings is 2. The molecule has 1 saturated heterocycles. The monoisotopic (exact) mass is 461 g/mol. The maximum Gasteiger partial charge on any atom is 0.195 e. The fourth-order valence-corrected chi connectivity index (χ4v) is 5.55. The number of carbonyl (C=O) groups excluding carboxylic acids is 1. The highest BCUT2D eigenvalue weighted by atomic mass is 32.1. The van der Waals surface area contributed by atoms with E-state index in [0.717, 1.165) is 77.7 Å². The second-order valence-electron chi connectivity index (χ2n) is 8.83. The van der Waals surface area contributed by atoms with Crippen LogP contribution in [0.25, 0.3) is 26.4 Å². The highest BCUT2D eigenvalue weighted by Crippen LogP contribution is 2.32. The summed E-state index contributed by atoms with van der Waals surface area (Å²) in [6.07, 6.45) is 4.73. The standard InChI is InChI=1S/C27H31N3O2S/c1-3-29(4-2)13-6-5-10-25(31)21-11-12-24-26(15-21)33-27-28-23(16-30(24)27)20-9-7-8-19(14-20)22-17-32-18-22/h7-9,11-12,14-16,22H,3-6,10,13,17-18H2,1-2H3. The summed E-state index contributed by atoms with van der Waals surface area (Å²) < 4.78 is 8.60. The number of Topliss-reactive ketones (excluding diaryl/α,β-unsaturated/α-hetero) is 1. The van der Waals surface area contributed by atoms with E-state index in [4.69, 9.17) is 9.72 Å². The number of nitrogens with zero attached hydrogens (tertiary/aromatic N) is 3. The van der Waals surface area contributed by atoms with Crippen LogP contribution in [0.2, 0.25) is 0 Å². The van der Waals surface area contributed by atoms with Gasteiger partial charge in [-0.05, 0) is 62.3 Å². The number of hydrogen-bond acceptors (Lipinski definition) is 5. The van der Waals surface area contributed by atoms with E-state index in [1.807, 2.05) is 12.1 Å². The van der Waals surface area contributed by atoms with E-state index in [0.29, 0.717) is 12.3 Å². The second-order valence-corrected chi connectivity index (χ2v) is 9.84. The lowest BCUT2D eigenvalue weighted by atomic mass is 9.95. The second kappa shape index (κ2) is 9.75. The molecule has 172 valence electrons. The van der Waals surface area contributed by atoms with Gasteiger partial charge >= 0.3 is 0 Å². The van der Waals surface area contributed by atoms with Crippen molar-refractivity contribution in [3.63, 3.8) is 0 Å². The normalized spacial score (nSPS) is 14.4. The van der Waals surface area contributed by atoms with Gasteiger partial charge in [-0.25, -0.2) is 4.98 Å². The van der Waals surface area contributed by atoms with E-state index in [-0.39, 0.29) is 5.78 Å². The number of imidazole rings is 1. The minimum absolute atomic E-state index is 0.236. The van der Waals surface area contributed by atoms with Gasteiger partial charge in [-0.1, -0.05) is 43.4 Å². The van der Waals surface area contributed by atoms with Crippen LogP contribution >= 0.6 is 11.3 Å². The summed E-state index contributed by atoms with van der Waals surface area (Å²) in [5.74, 6) is 0.739. The molecule has 0 bridgehead atoms. The van der Waals surface area contributed by atoms with Gasteiger partial charge in [0.25, 0.3) is 0 Å². The van der Waals surface area contributed by atoms with Crippen molar-refractivity contribution >= 4 is 32.3 Å². The van der Waals surface area contributed by atoms with Crippen molar-refractivity contribution in [3.8, 4) is 11.3 Å². The molecule has 0 spiro atoms. The minimum atomic E-state index is 0.236. The number of ketones is 1. The topological polar surface area (TPSA) is 46.8 Å². The molecule has 4 aromatic rings. The fraction of sp³-hybridized carbons (Fsp3) is 0.407. The van der Waals surface area contributed by atoms with Crippen molar-refractivity contribution in [2.75, 3.05) is 32.8 Å². The van der Waals surface area contributed by atoms with E-state index >= 15 is 0 Å². The van der Waals surface area contributed by atoms with Crippen molar-refractivity contribution < 1.29 is 9.53 Å². The maximum atomic E-state index is 12.7. The molecule has 1 aliphatic heterocycles. The molecule has 5 nitrogen and oxygen atoms in total. The Morgan fingerprint density at radius 2 is 2.00 bits per heavy atom. The first-order chi connectivity index (χ1) is 16.2. The van der Waals surface area contributed by atoms with E-state index in [1.165, 1.54) is 5.56 Å². The van der Waals surface area contributed by atoms with Gasteiger partial charge in [-0.3, -0.25) is 9.20 Å². The Morgan fingerprint density at radius 1 is 1.15 bits per heavy atom. The molecule has 0 aliphatic carbocycles. The number of carbonyl (C=O) groups is 1. The Labute approximate surface area is 199 Å². The lowest BCUT2D eigenvalue weighted by Gasteiger charge is -2.26. The van der Waals surface area contributed by atoms with Crippen LogP contribution in [-0.4, -0.2) is 52.9 Å². The van der Waals surface area contributed by atoms with Crippen molar-refractivity contribution in [3.05, 3.63) is 59.8 Å². The largest absolute Gasteiger partial charge is 0.380 e. The highest BCUT2D eigenvalue weighted by Gasteiger charge is 2.21. The van der Waals surface area contributed by atoms with Crippen molar-refractivity contribution in [2.24, 2.45) is 0 Å². The summed E-state index contributed by atoms with van der Waals surface area (Å²) in [5.41, 5.74) is 5.36. The highest BCUT2D eigenvalue weighted by molar-refractivity contribution is 7.23. The molecule has 0 N–H and O–H groups in total. The van der Waals surface area contributed by atoms with Crippen LogP contribution in [0.4, 0.5) is 0 Å². The molecule has 0 atom stereocenters. The predicted molar refractivity (Wildman–Crippen MR) is 136 cm³/mol. The molecular weight excluding hydrogens is 430 g/mol. The van der Waals surface area contributed by atoms with E-state index in [9.17, 15) is 4.79 Å². The van der Waals surface area contributed by atoms with Crippen LogP contribution in [-0.2, 0) is 4.74 Å². The summed E-state index contributed by atoms with van der Waals surface area (Å²) >= 11 is 1.65. The minimum Gasteiger partial charge on any atom is -0.380 e. The summed E-state index contributed by atoms with van der Waals surface area (Å²) in [5, 5.41) is 0. The Balaban J connectivity index is 1.30. The summed E-state index contributed by atoms with van der Waals surface area (Å²) in [7, 11) is 0. The third-order valence-electron chi connectivity index (χ3n) is 6.73. The molecule has 2 aromatic carbocycles. The first kappa shape index (κ1) is 22.3. The molecule has 5 rings (SSSR count). The SMILES string of the molecule is CCN(CC)CCCCC(=O)c1ccc2c(c1)sc1nc(-c3cccc(C4COC4)c3)cn12. The van der Waals surface area contributed by atoms with Crippen molar-refractivity contribution in [1.82, 2.24) is 14.3 Å². The van der Waals surface area contributed by atoms with Gasteiger partial charge in [-0.2, -0.15) is 0 Å². The fourth-order valence-electron chi connectivity index (χ4n) is 4.50. The van der Waals surface area contributed by atoms with Gasteiger partial charge in [-0.15, -0.1) is 0 Å². The van der Waals surface area contributed by atoms with Gasteiger partial charge in [0, 0.05) is 29.7 Å². The Bertz CT molecular complexity index is 1270. The average Bonchev–Trinajstić information content (AvgIpc) is 3.36. The quantitative estimate of drug-likeness (QED) is 0.214. The number of fused-ring (bicyclic) bond motifs is 3. The molecule has 0 unspecified atom stereocenters.